The first-order chi connectivity index (χ1) is 9.33. The smallest absolute Gasteiger partial charge is 0.407 e. The van der Waals surface area contributed by atoms with Gasteiger partial charge in [-0.1, -0.05) is 0 Å². The molecule has 1 atom stereocenters. The van der Waals surface area contributed by atoms with E-state index in [-0.39, 0.29) is 5.84 Å². The largest absolute Gasteiger partial charge is 0.465 e. The lowest BCUT2D eigenvalue weighted by atomic mass is 10.1. The van der Waals surface area contributed by atoms with Crippen molar-refractivity contribution in [3.63, 3.8) is 0 Å². The van der Waals surface area contributed by atoms with E-state index in [9.17, 15) is 9.90 Å². The van der Waals surface area contributed by atoms with Crippen molar-refractivity contribution < 1.29 is 15.0 Å². The maximum absolute atomic E-state index is 10.1. The van der Waals surface area contributed by atoms with Crippen LogP contribution in [0.5, 0.6) is 0 Å². The van der Waals surface area contributed by atoms with Crippen molar-refractivity contribution in [3.05, 3.63) is 24.0 Å². The molecule has 7 heteroatoms. The van der Waals surface area contributed by atoms with Crippen molar-refractivity contribution >= 4 is 11.9 Å². The van der Waals surface area contributed by atoms with Crippen LogP contribution in [0.4, 0.5) is 4.79 Å². The van der Waals surface area contributed by atoms with E-state index in [1.54, 1.807) is 12.3 Å². The molecule has 0 fully saturated rings. The molecule has 1 heterocycles. The maximum atomic E-state index is 10.1. The Morgan fingerprint density at radius 3 is 2.35 bits per heavy atom. The molecule has 114 valence electrons. The summed E-state index contributed by atoms with van der Waals surface area (Å²) >= 11 is 0. The fraction of sp³-hybridized carbons (Fsp3) is 0.538. The standard InChI is InChI=1S/C8H13N3O.C5H11NO2/c1-11(2)5-6-3-4-10-8(9)7(6)12;1-3-6(4-2)5(7)8/h3-5,7,12H,1-2H3,(H2,9,10);3-4H2,1-2H3,(H,7,8). The van der Waals surface area contributed by atoms with Gasteiger partial charge in [-0.05, 0) is 19.9 Å². The summed E-state index contributed by atoms with van der Waals surface area (Å²) in [7, 11) is 3.77. The zero-order valence-electron chi connectivity index (χ0n) is 12.4. The zero-order valence-corrected chi connectivity index (χ0v) is 12.4. The first-order valence-electron chi connectivity index (χ1n) is 6.37. The van der Waals surface area contributed by atoms with Crippen LogP contribution in [0.3, 0.4) is 0 Å². The number of amidine groups is 1. The number of amides is 1. The number of hydrogen-bond acceptors (Lipinski definition) is 5. The van der Waals surface area contributed by atoms with E-state index < -0.39 is 12.2 Å². The zero-order chi connectivity index (χ0) is 15.7. The van der Waals surface area contributed by atoms with E-state index >= 15 is 0 Å². The van der Waals surface area contributed by atoms with Crippen LogP contribution in [0.25, 0.3) is 0 Å². The van der Waals surface area contributed by atoms with Crippen molar-refractivity contribution in [3.8, 4) is 0 Å². The van der Waals surface area contributed by atoms with E-state index in [0.29, 0.717) is 13.1 Å². The molecule has 0 radical (unpaired) electrons. The number of aliphatic hydroxyl groups is 1. The fourth-order valence-electron chi connectivity index (χ4n) is 1.45. The summed E-state index contributed by atoms with van der Waals surface area (Å²) in [5.74, 6) is 0.241. The van der Waals surface area contributed by atoms with Gasteiger partial charge in [0, 0.05) is 45.2 Å². The summed E-state index contributed by atoms with van der Waals surface area (Å²) in [5, 5.41) is 17.8. The Morgan fingerprint density at radius 2 is 2.00 bits per heavy atom. The number of nitrogens with two attached hydrogens (primary N) is 1. The molecule has 1 aliphatic rings. The summed E-state index contributed by atoms with van der Waals surface area (Å²) in [5.41, 5.74) is 6.19. The normalized spacial score (nSPS) is 18.9. The van der Waals surface area contributed by atoms with Crippen molar-refractivity contribution in [2.75, 3.05) is 27.2 Å². The first kappa shape index (κ1) is 18.0. The van der Waals surface area contributed by atoms with E-state index in [2.05, 4.69) is 4.99 Å². The molecular formula is C13H24N4O3. The van der Waals surface area contributed by atoms with Crippen LogP contribution in [0.2, 0.25) is 0 Å². The molecule has 1 rings (SSSR count). The number of hydrogen-bond donors (Lipinski definition) is 3. The molecular weight excluding hydrogens is 260 g/mol. The summed E-state index contributed by atoms with van der Waals surface area (Å²) in [6.07, 6.45) is 3.52. The lowest BCUT2D eigenvalue weighted by Crippen LogP contribution is -2.32. The molecule has 0 spiro atoms. The Hall–Kier alpha value is -2.02. The minimum Gasteiger partial charge on any atom is -0.465 e. The van der Waals surface area contributed by atoms with Crippen LogP contribution >= 0.6 is 0 Å². The highest BCUT2D eigenvalue weighted by Gasteiger charge is 2.15. The number of carbonyl (C=O) groups is 1. The molecule has 20 heavy (non-hydrogen) atoms. The van der Waals surface area contributed by atoms with Gasteiger partial charge in [0.05, 0.1) is 0 Å². The van der Waals surface area contributed by atoms with Crippen LogP contribution in [0.15, 0.2) is 29.0 Å². The first-order valence-corrected chi connectivity index (χ1v) is 6.37. The fourth-order valence-corrected chi connectivity index (χ4v) is 1.45. The van der Waals surface area contributed by atoms with Gasteiger partial charge in [0.2, 0.25) is 0 Å². The average Bonchev–Trinajstić information content (AvgIpc) is 2.36. The summed E-state index contributed by atoms with van der Waals surface area (Å²) in [6.45, 7) is 4.78. The molecule has 4 N–H and O–H groups in total. The topological polar surface area (TPSA) is 102 Å². The number of nitrogens with zero attached hydrogens (tertiary/aromatic N) is 3. The Kier molecular flexibility index (Phi) is 8.07. The van der Waals surface area contributed by atoms with Gasteiger partial charge in [0.25, 0.3) is 0 Å². The van der Waals surface area contributed by atoms with Gasteiger partial charge in [0.1, 0.15) is 11.9 Å². The lowest BCUT2D eigenvalue weighted by Gasteiger charge is -2.16. The van der Waals surface area contributed by atoms with Crippen molar-refractivity contribution in [1.82, 2.24) is 9.80 Å². The molecule has 0 saturated carbocycles. The van der Waals surface area contributed by atoms with Crippen molar-refractivity contribution in [2.24, 2.45) is 10.7 Å². The minimum absolute atomic E-state index is 0.241. The quantitative estimate of drug-likeness (QED) is 0.707. The summed E-state index contributed by atoms with van der Waals surface area (Å²) in [6, 6.07) is 0. The van der Waals surface area contributed by atoms with Crippen molar-refractivity contribution in [1.29, 1.82) is 0 Å². The average molecular weight is 284 g/mol. The molecule has 0 aromatic carbocycles. The van der Waals surface area contributed by atoms with Crippen LogP contribution in [0.1, 0.15) is 13.8 Å². The van der Waals surface area contributed by atoms with Gasteiger partial charge in [-0.25, -0.2) is 9.79 Å². The molecule has 1 aliphatic heterocycles. The number of carboxylic acid groups (broad SMARTS) is 1. The summed E-state index contributed by atoms with van der Waals surface area (Å²) in [4.78, 5) is 17.0. The molecule has 0 aromatic rings. The highest BCUT2D eigenvalue weighted by atomic mass is 16.4. The third-order valence-electron chi connectivity index (χ3n) is 2.53. The van der Waals surface area contributed by atoms with Gasteiger partial charge < -0.3 is 25.7 Å². The monoisotopic (exact) mass is 284 g/mol. The second kappa shape index (κ2) is 8.98. The predicted molar refractivity (Wildman–Crippen MR) is 79.5 cm³/mol. The van der Waals surface area contributed by atoms with E-state index in [0.717, 1.165) is 5.57 Å². The van der Waals surface area contributed by atoms with E-state index in [4.69, 9.17) is 10.8 Å². The molecule has 1 unspecified atom stereocenters. The predicted octanol–water partition coefficient (Wildman–Crippen LogP) is 0.684. The van der Waals surface area contributed by atoms with Gasteiger partial charge in [-0.2, -0.15) is 0 Å². The van der Waals surface area contributed by atoms with Gasteiger partial charge in [0.15, 0.2) is 0 Å². The van der Waals surface area contributed by atoms with Gasteiger partial charge >= 0.3 is 6.09 Å². The second-order valence-corrected chi connectivity index (χ2v) is 4.32. The van der Waals surface area contributed by atoms with Gasteiger partial charge in [-0.15, -0.1) is 0 Å². The second-order valence-electron chi connectivity index (χ2n) is 4.32. The van der Waals surface area contributed by atoms with Crippen LogP contribution in [-0.4, -0.2) is 65.2 Å². The third kappa shape index (κ3) is 6.24. The molecule has 1 amide bonds. The molecule has 0 aromatic heterocycles. The van der Waals surface area contributed by atoms with Gasteiger partial charge in [-0.3, -0.25) is 0 Å². The summed E-state index contributed by atoms with van der Waals surface area (Å²) < 4.78 is 0. The minimum atomic E-state index is -0.838. The molecule has 0 saturated heterocycles. The highest BCUT2D eigenvalue weighted by Crippen LogP contribution is 2.10. The third-order valence-corrected chi connectivity index (χ3v) is 2.53. The number of rotatable bonds is 3. The number of aliphatic hydroxyl groups excluding tert-OH is 1. The Morgan fingerprint density at radius 1 is 1.45 bits per heavy atom. The van der Waals surface area contributed by atoms with Crippen LogP contribution < -0.4 is 5.73 Å². The van der Waals surface area contributed by atoms with E-state index in [1.165, 1.54) is 4.90 Å². The van der Waals surface area contributed by atoms with Crippen molar-refractivity contribution in [2.45, 2.75) is 20.0 Å². The Balaban J connectivity index is 0.000000396. The van der Waals surface area contributed by atoms with E-state index in [1.807, 2.05) is 39.0 Å². The molecule has 0 bridgehead atoms. The SMILES string of the molecule is CCN(CC)C(=O)O.CN(C)C=C1C=CN=C(N)C1O. The van der Waals surface area contributed by atoms with Crippen LogP contribution in [-0.2, 0) is 0 Å². The highest BCUT2D eigenvalue weighted by molar-refractivity contribution is 5.89. The maximum Gasteiger partial charge on any atom is 0.407 e. The Labute approximate surface area is 119 Å². The number of aliphatic imine (C=N–C) groups is 1. The van der Waals surface area contributed by atoms with Crippen LogP contribution in [0, 0.1) is 0 Å². The lowest BCUT2D eigenvalue weighted by molar-refractivity contribution is 0.150. The molecule has 7 nitrogen and oxygen atoms in total. The Bertz CT molecular complexity index is 398. The molecule has 0 aliphatic carbocycles.